The van der Waals surface area contributed by atoms with E-state index in [9.17, 15) is 4.79 Å². The molecule has 0 N–H and O–H groups in total. The quantitative estimate of drug-likeness (QED) is 0.716. The van der Waals surface area contributed by atoms with Gasteiger partial charge in [-0.15, -0.1) is 0 Å². The highest BCUT2D eigenvalue weighted by Gasteiger charge is 2.40. The fourth-order valence-electron chi connectivity index (χ4n) is 1.75. The minimum atomic E-state index is -0.572. The Kier molecular flexibility index (Phi) is 2.95. The molecule has 0 saturated carbocycles. The van der Waals surface area contributed by atoms with E-state index in [1.807, 2.05) is 32.0 Å². The minimum Gasteiger partial charge on any atom is -0.481 e. The van der Waals surface area contributed by atoms with E-state index in [0.29, 0.717) is 16.2 Å². The summed E-state index contributed by atoms with van der Waals surface area (Å²) in [4.78, 5) is 12.8. The molecule has 0 amide bonds. The molecule has 2 rings (SSSR count). The van der Waals surface area contributed by atoms with Crippen molar-refractivity contribution in [1.82, 2.24) is 0 Å². The van der Waals surface area contributed by atoms with Gasteiger partial charge < -0.3 is 4.74 Å². The molecule has 1 aromatic rings. The van der Waals surface area contributed by atoms with Crippen molar-refractivity contribution in [3.05, 3.63) is 29.8 Å². The normalized spacial score (nSPS) is 23.6. The molecule has 1 aliphatic rings. The van der Waals surface area contributed by atoms with Crippen LogP contribution in [0.5, 0.6) is 5.75 Å². The third kappa shape index (κ3) is 1.62. The maximum Gasteiger partial charge on any atom is 0.207 e. The number of ether oxygens (including phenoxy) is 1. The van der Waals surface area contributed by atoms with E-state index >= 15 is 0 Å². The van der Waals surface area contributed by atoms with E-state index < -0.39 is 5.60 Å². The van der Waals surface area contributed by atoms with Gasteiger partial charge in [0.2, 0.25) is 5.78 Å². The number of Topliss-reactive ketones (excluding diaryl/α,β-unsaturated/α-hetero) is 1. The second-order valence-corrected chi connectivity index (χ2v) is 5.00. The van der Waals surface area contributed by atoms with E-state index in [2.05, 4.69) is 0 Å². The molecule has 1 atom stereocenters. The molecule has 0 spiro atoms. The van der Waals surface area contributed by atoms with Gasteiger partial charge in [-0.05, 0) is 36.7 Å². The Morgan fingerprint density at radius 1 is 1.44 bits per heavy atom. The Bertz CT molecular complexity index is 503. The molecule has 0 fully saturated rings. The summed E-state index contributed by atoms with van der Waals surface area (Å²) in [5, 5.41) is 0. The summed E-state index contributed by atoms with van der Waals surface area (Å²) in [5.74, 6) is 0.663. The summed E-state index contributed by atoms with van der Waals surface area (Å²) >= 11 is 4.97. The summed E-state index contributed by atoms with van der Waals surface area (Å²) in [7, 11) is 1.07. The number of fused-ring (bicyclic) bond motifs is 1. The average molecular weight is 252 g/mol. The van der Waals surface area contributed by atoms with Crippen molar-refractivity contribution in [3.63, 3.8) is 0 Å². The highest BCUT2D eigenvalue weighted by atomic mass is 32.8. The molecule has 4 heteroatoms. The van der Waals surface area contributed by atoms with Gasteiger partial charge in [-0.25, -0.2) is 0 Å². The minimum absolute atomic E-state index is 0.00574. The molecule has 1 aromatic carbocycles. The van der Waals surface area contributed by atoms with Crippen LogP contribution in [-0.2, 0) is 21.1 Å². The summed E-state index contributed by atoms with van der Waals surface area (Å²) < 4.78 is 5.90. The van der Waals surface area contributed by atoms with Crippen LogP contribution in [0.15, 0.2) is 24.3 Å². The van der Waals surface area contributed by atoms with Crippen LogP contribution in [0.1, 0.15) is 30.6 Å². The van der Waals surface area contributed by atoms with Crippen molar-refractivity contribution < 1.29 is 9.53 Å². The van der Waals surface area contributed by atoms with E-state index in [-0.39, 0.29) is 5.78 Å². The number of ketones is 1. The molecule has 0 bridgehead atoms. The lowest BCUT2D eigenvalue weighted by Gasteiger charge is -2.34. The predicted molar refractivity (Wildman–Crippen MR) is 69.8 cm³/mol. The van der Waals surface area contributed by atoms with Gasteiger partial charge in [-0.2, -0.15) is 0 Å². The summed E-state index contributed by atoms with van der Waals surface area (Å²) in [6.07, 6.45) is 0.728. The Hall–Kier alpha value is -1.00. The molecule has 0 aromatic heterocycles. The maximum atomic E-state index is 12.2. The molecule has 16 heavy (non-hydrogen) atoms. The third-order valence-electron chi connectivity index (χ3n) is 2.91. The molecule has 0 radical (unpaired) electrons. The lowest BCUT2D eigenvalue weighted by molar-refractivity contribution is 0.0964. The first-order valence-electron chi connectivity index (χ1n) is 5.12. The molecule has 0 aliphatic carbocycles. The smallest absolute Gasteiger partial charge is 0.207 e. The molecule has 1 unspecified atom stereocenters. The molecular formula is C12H12O2S2. The summed E-state index contributed by atoms with van der Waals surface area (Å²) in [6, 6.07) is 7.30. The zero-order chi connectivity index (χ0) is 11.8. The van der Waals surface area contributed by atoms with Crippen LogP contribution in [0.3, 0.4) is 0 Å². The number of para-hydroxylation sites is 1. The monoisotopic (exact) mass is 252 g/mol. The second kappa shape index (κ2) is 4.11. The Morgan fingerprint density at radius 2 is 2.12 bits per heavy atom. The third-order valence-corrected chi connectivity index (χ3v) is 4.20. The predicted octanol–water partition coefficient (Wildman–Crippen LogP) is 2.15. The topological polar surface area (TPSA) is 26.3 Å². The SMILES string of the molecule is CCC1(C)Oc2ccccc2C(=O)C1=S=S. The van der Waals surface area contributed by atoms with Gasteiger partial charge in [0.15, 0.2) is 0 Å². The maximum absolute atomic E-state index is 12.2. The standard InChI is InChI=1S/C12H12O2S2/c1-3-12(2)11(16-15)10(13)8-6-4-5-7-9(8)14-12/h4-7H,3H2,1-2H3. The second-order valence-electron chi connectivity index (χ2n) is 3.92. The van der Waals surface area contributed by atoms with Crippen molar-refractivity contribution in [2.45, 2.75) is 25.9 Å². The number of carbonyl (C=O) groups excluding carboxylic acids is 1. The first-order chi connectivity index (χ1) is 7.62. The summed E-state index contributed by atoms with van der Waals surface area (Å²) in [6.45, 7) is 3.90. The van der Waals surface area contributed by atoms with Crippen LogP contribution in [-0.4, -0.2) is 16.2 Å². The van der Waals surface area contributed by atoms with E-state index in [1.54, 1.807) is 6.07 Å². The molecule has 1 heterocycles. The Morgan fingerprint density at radius 3 is 2.75 bits per heavy atom. The van der Waals surface area contributed by atoms with Crippen molar-refractivity contribution in [1.29, 1.82) is 0 Å². The number of hydrogen-bond donors (Lipinski definition) is 0. The molecular weight excluding hydrogens is 240 g/mol. The van der Waals surface area contributed by atoms with E-state index in [4.69, 9.17) is 15.9 Å². The van der Waals surface area contributed by atoms with Gasteiger partial charge >= 0.3 is 0 Å². The zero-order valence-corrected chi connectivity index (χ0v) is 10.8. The van der Waals surface area contributed by atoms with Crippen LogP contribution < -0.4 is 4.74 Å². The number of benzene rings is 1. The van der Waals surface area contributed by atoms with Gasteiger partial charge in [-0.3, -0.25) is 4.79 Å². The van der Waals surface area contributed by atoms with E-state index in [1.165, 1.54) is 0 Å². The van der Waals surface area contributed by atoms with Crippen LogP contribution in [0.2, 0.25) is 0 Å². The summed E-state index contributed by atoms with van der Waals surface area (Å²) in [5.41, 5.74) is 0.0403. The number of carbonyl (C=O) groups is 1. The van der Waals surface area contributed by atoms with Crippen molar-refractivity contribution in [2.24, 2.45) is 0 Å². The molecule has 1 aliphatic heterocycles. The molecule has 0 saturated heterocycles. The van der Waals surface area contributed by atoms with Gasteiger partial charge in [0.05, 0.1) is 5.56 Å². The number of hydrogen-bond acceptors (Lipinski definition) is 3. The first-order valence-corrected chi connectivity index (χ1v) is 6.86. The van der Waals surface area contributed by atoms with Gasteiger partial charge in [-0.1, -0.05) is 29.0 Å². The van der Waals surface area contributed by atoms with Crippen LogP contribution in [0.4, 0.5) is 0 Å². The van der Waals surface area contributed by atoms with E-state index in [0.717, 1.165) is 16.3 Å². The lowest BCUT2D eigenvalue weighted by Crippen LogP contribution is -2.48. The van der Waals surface area contributed by atoms with Crippen molar-refractivity contribution in [2.75, 3.05) is 0 Å². The highest BCUT2D eigenvalue weighted by molar-refractivity contribution is 8.17. The molecule has 84 valence electrons. The Balaban J connectivity index is 2.64. The van der Waals surface area contributed by atoms with Gasteiger partial charge in [0, 0.05) is 0 Å². The molecule has 2 nitrogen and oxygen atoms in total. The first kappa shape index (κ1) is 11.5. The number of rotatable bonds is 1. The van der Waals surface area contributed by atoms with Crippen LogP contribution >= 0.6 is 0 Å². The highest BCUT2D eigenvalue weighted by Crippen LogP contribution is 2.32. The zero-order valence-electron chi connectivity index (χ0n) is 9.15. The van der Waals surface area contributed by atoms with Crippen LogP contribution in [0, 0.1) is 0 Å². The lowest BCUT2D eigenvalue weighted by atomic mass is 9.89. The largest absolute Gasteiger partial charge is 0.481 e. The van der Waals surface area contributed by atoms with Crippen LogP contribution in [0.25, 0.3) is 0 Å². The fourth-order valence-corrected chi connectivity index (χ4v) is 3.06. The van der Waals surface area contributed by atoms with Gasteiger partial charge in [0.25, 0.3) is 0 Å². The Labute approximate surface area is 103 Å². The van der Waals surface area contributed by atoms with Crippen molar-refractivity contribution >= 4 is 31.7 Å². The fraction of sp³-hybridized carbons (Fsp3) is 0.333. The van der Waals surface area contributed by atoms with Gasteiger partial charge in [0.1, 0.15) is 16.2 Å². The average Bonchev–Trinajstić information content (AvgIpc) is 2.29. The van der Waals surface area contributed by atoms with Crippen molar-refractivity contribution in [3.8, 4) is 5.75 Å².